The van der Waals surface area contributed by atoms with Gasteiger partial charge in [0.05, 0.1) is 6.54 Å². The summed E-state index contributed by atoms with van der Waals surface area (Å²) in [6, 6.07) is 8.02. The number of amides is 1. The average Bonchev–Trinajstić information content (AvgIpc) is 3.25. The van der Waals surface area contributed by atoms with Crippen molar-refractivity contribution in [2.24, 2.45) is 5.73 Å². The molecule has 24 heavy (non-hydrogen) atoms. The number of hydrogen-bond acceptors (Lipinski definition) is 4. The van der Waals surface area contributed by atoms with Gasteiger partial charge in [-0.05, 0) is 37.6 Å². The van der Waals surface area contributed by atoms with Crippen molar-refractivity contribution in [2.75, 3.05) is 31.5 Å². The molecule has 2 heterocycles. The molecular formula is C18H23N4OS+. The molecule has 0 aliphatic carbocycles. The van der Waals surface area contributed by atoms with E-state index in [4.69, 9.17) is 5.73 Å². The lowest BCUT2D eigenvalue weighted by Gasteiger charge is -2.11. The lowest BCUT2D eigenvalue weighted by Crippen LogP contribution is -2.26. The molecule has 1 aliphatic heterocycles. The molecule has 1 saturated heterocycles. The summed E-state index contributed by atoms with van der Waals surface area (Å²) in [5.74, 6) is -0.435. The molecule has 1 aromatic carbocycles. The van der Waals surface area contributed by atoms with Crippen molar-refractivity contribution >= 4 is 28.5 Å². The molecule has 4 N–H and O–H groups in total. The molecule has 1 fully saturated rings. The Balaban J connectivity index is 1.55. The summed E-state index contributed by atoms with van der Waals surface area (Å²) >= 11 is 1.68. The fourth-order valence-electron chi connectivity index (χ4n) is 2.81. The normalized spacial score (nSPS) is 15.2. The Morgan fingerprint density at radius 2 is 2.04 bits per heavy atom. The first-order valence-corrected chi connectivity index (χ1v) is 9.14. The third-order valence-electron chi connectivity index (χ3n) is 4.12. The van der Waals surface area contributed by atoms with Gasteiger partial charge < -0.3 is 5.73 Å². The molecule has 1 aliphatic rings. The molecule has 1 aromatic heterocycles. The molecule has 0 bridgehead atoms. The van der Waals surface area contributed by atoms with Crippen molar-refractivity contribution in [3.63, 3.8) is 0 Å². The average molecular weight is 343 g/mol. The maximum absolute atomic E-state index is 10.8. The summed E-state index contributed by atoms with van der Waals surface area (Å²) in [5, 5.41) is 6.67. The molecule has 126 valence electrons. The Kier molecular flexibility index (Phi) is 5.61. The van der Waals surface area contributed by atoms with Gasteiger partial charge in [-0.25, -0.2) is 4.98 Å². The second-order valence-electron chi connectivity index (χ2n) is 5.94. The first-order valence-electron chi connectivity index (χ1n) is 8.26. The van der Waals surface area contributed by atoms with Crippen molar-refractivity contribution in [2.45, 2.75) is 12.8 Å². The zero-order chi connectivity index (χ0) is 16.8. The Morgan fingerprint density at radius 1 is 1.29 bits per heavy atom. The van der Waals surface area contributed by atoms with Crippen molar-refractivity contribution in [1.29, 1.82) is 0 Å². The van der Waals surface area contributed by atoms with E-state index in [0.717, 1.165) is 35.0 Å². The third kappa shape index (κ3) is 4.66. The van der Waals surface area contributed by atoms with Crippen molar-refractivity contribution < 1.29 is 9.78 Å². The zero-order valence-corrected chi connectivity index (χ0v) is 14.4. The molecule has 0 unspecified atom stereocenters. The number of anilines is 1. The number of carbonyl (C=O) groups excluding carboxylic acids is 1. The molecule has 0 atom stereocenters. The fourth-order valence-corrected chi connectivity index (χ4v) is 3.60. The smallest absolute Gasteiger partial charge is 0.332 e. The van der Waals surface area contributed by atoms with Crippen LogP contribution in [-0.4, -0.2) is 37.0 Å². The van der Waals surface area contributed by atoms with E-state index >= 15 is 0 Å². The van der Waals surface area contributed by atoms with Crippen molar-refractivity contribution in [3.8, 4) is 11.3 Å². The number of H-pyrrole nitrogens is 1. The highest BCUT2D eigenvalue weighted by atomic mass is 32.1. The van der Waals surface area contributed by atoms with Crippen LogP contribution >= 0.6 is 11.3 Å². The summed E-state index contributed by atoms with van der Waals surface area (Å²) in [7, 11) is 0. The number of thiazole rings is 1. The number of nitrogens with two attached hydrogens (primary N) is 1. The highest BCUT2D eigenvalue weighted by Crippen LogP contribution is 2.21. The van der Waals surface area contributed by atoms with Crippen LogP contribution in [0, 0.1) is 0 Å². The molecule has 0 radical (unpaired) electrons. The van der Waals surface area contributed by atoms with Gasteiger partial charge in [-0.15, -0.1) is 0 Å². The van der Waals surface area contributed by atoms with Gasteiger partial charge in [0.15, 0.2) is 0 Å². The first kappa shape index (κ1) is 16.7. The molecule has 3 rings (SSSR count). The van der Waals surface area contributed by atoms with Crippen LogP contribution in [-0.2, 0) is 4.79 Å². The number of aromatic nitrogens is 1. The van der Waals surface area contributed by atoms with Crippen LogP contribution in [0.3, 0.4) is 0 Å². The maximum Gasteiger partial charge on any atom is 0.332 e. The Bertz CT molecular complexity index is 702. The van der Waals surface area contributed by atoms with Crippen LogP contribution in [0.1, 0.15) is 18.4 Å². The second-order valence-corrected chi connectivity index (χ2v) is 6.82. The lowest BCUT2D eigenvalue weighted by molar-refractivity contribution is -0.341. The van der Waals surface area contributed by atoms with E-state index in [1.165, 1.54) is 32.0 Å². The van der Waals surface area contributed by atoms with E-state index in [1.54, 1.807) is 17.4 Å². The number of likely N-dealkylation sites (tertiary alicyclic amines) is 1. The van der Waals surface area contributed by atoms with Gasteiger partial charge in [0, 0.05) is 23.6 Å². The molecule has 0 saturated carbocycles. The zero-order valence-electron chi connectivity index (χ0n) is 13.6. The number of primary amides is 1. The van der Waals surface area contributed by atoms with Gasteiger partial charge in [-0.1, -0.05) is 35.6 Å². The van der Waals surface area contributed by atoms with E-state index in [0.29, 0.717) is 0 Å². The van der Waals surface area contributed by atoms with E-state index in [2.05, 4.69) is 20.6 Å². The third-order valence-corrected chi connectivity index (χ3v) is 4.95. The second kappa shape index (κ2) is 8.08. The van der Waals surface area contributed by atoms with Gasteiger partial charge in [-0.2, -0.15) is 0 Å². The minimum Gasteiger partial charge on any atom is -0.366 e. The predicted octanol–water partition coefficient (Wildman–Crippen LogP) is 2.24. The summed E-state index contributed by atoms with van der Waals surface area (Å²) in [6.45, 7) is 4.53. The van der Waals surface area contributed by atoms with Crippen molar-refractivity contribution in [1.82, 2.24) is 4.90 Å². The minimum absolute atomic E-state index is 0.435. The Hall–Kier alpha value is -2.18. The standard InChI is InChI=1S/C18H22N4OS/c19-17(23)8-5-14-3-6-15(7-4-14)16-13-24-18(21-16)20-9-12-22-10-1-2-11-22/h3-8,13H,1-2,9-12H2,(H2,19,23)(H,20,21)/p+1/b8-5+. The number of nitrogens with one attached hydrogen (secondary N) is 2. The minimum atomic E-state index is -0.435. The molecule has 2 aromatic rings. The number of hydrogen-bond donors (Lipinski definition) is 2. The van der Waals surface area contributed by atoms with Crippen molar-refractivity contribution in [3.05, 3.63) is 41.3 Å². The van der Waals surface area contributed by atoms with Crippen LogP contribution < -0.4 is 16.0 Å². The Labute approximate surface area is 146 Å². The summed E-state index contributed by atoms with van der Waals surface area (Å²) < 4.78 is 0. The number of carbonyl (C=O) groups is 1. The summed E-state index contributed by atoms with van der Waals surface area (Å²) in [5.41, 5.74) is 8.27. The predicted molar refractivity (Wildman–Crippen MR) is 98.7 cm³/mol. The largest absolute Gasteiger partial charge is 0.366 e. The number of nitrogens with zero attached hydrogens (tertiary/aromatic N) is 1. The lowest BCUT2D eigenvalue weighted by atomic mass is 10.1. The quantitative estimate of drug-likeness (QED) is 0.757. The molecule has 5 nitrogen and oxygen atoms in total. The van der Waals surface area contributed by atoms with Gasteiger partial charge >= 0.3 is 5.13 Å². The van der Waals surface area contributed by atoms with Gasteiger partial charge in [0.25, 0.3) is 0 Å². The van der Waals surface area contributed by atoms with Gasteiger partial charge in [0.2, 0.25) is 5.91 Å². The van der Waals surface area contributed by atoms with Crippen LogP contribution in [0.15, 0.2) is 35.7 Å². The number of aromatic amines is 1. The topological polar surface area (TPSA) is 72.5 Å². The Morgan fingerprint density at radius 3 is 2.75 bits per heavy atom. The van der Waals surface area contributed by atoms with E-state index < -0.39 is 5.91 Å². The highest BCUT2D eigenvalue weighted by molar-refractivity contribution is 7.13. The summed E-state index contributed by atoms with van der Waals surface area (Å²) in [6.07, 6.45) is 5.75. The molecular weight excluding hydrogens is 320 g/mol. The van der Waals surface area contributed by atoms with Crippen LogP contribution in [0.4, 0.5) is 5.13 Å². The van der Waals surface area contributed by atoms with E-state index in [9.17, 15) is 4.79 Å². The highest BCUT2D eigenvalue weighted by Gasteiger charge is 2.13. The summed E-state index contributed by atoms with van der Waals surface area (Å²) in [4.78, 5) is 16.7. The van der Waals surface area contributed by atoms with E-state index in [1.807, 2.05) is 24.3 Å². The monoisotopic (exact) mass is 343 g/mol. The first-order chi connectivity index (χ1) is 11.7. The van der Waals surface area contributed by atoms with Crippen LogP contribution in [0.5, 0.6) is 0 Å². The van der Waals surface area contributed by atoms with Gasteiger partial charge in [-0.3, -0.25) is 15.0 Å². The SMILES string of the molecule is NC(=O)/C=C/c1ccc(-c2csc(NCCN3CCCC3)[nH+]2)cc1. The van der Waals surface area contributed by atoms with E-state index in [-0.39, 0.29) is 0 Å². The fraction of sp³-hybridized carbons (Fsp3) is 0.333. The number of rotatable bonds is 7. The molecule has 1 amide bonds. The molecule has 0 spiro atoms. The molecule has 6 heteroatoms. The van der Waals surface area contributed by atoms with Crippen LogP contribution in [0.2, 0.25) is 0 Å². The van der Waals surface area contributed by atoms with Gasteiger partial charge in [0.1, 0.15) is 5.69 Å². The maximum atomic E-state index is 10.8. The number of benzene rings is 1. The van der Waals surface area contributed by atoms with Crippen LogP contribution in [0.25, 0.3) is 17.3 Å².